The third-order valence-corrected chi connectivity index (χ3v) is 3.31. The minimum Gasteiger partial charge on any atom is -0.353 e. The molecule has 0 saturated carbocycles. The molecule has 1 rings (SSSR count). The van der Waals surface area contributed by atoms with Gasteiger partial charge in [-0.1, -0.05) is 6.92 Å². The Morgan fingerprint density at radius 3 is 2.38 bits per heavy atom. The van der Waals surface area contributed by atoms with Gasteiger partial charge in [0.2, 0.25) is 11.8 Å². The van der Waals surface area contributed by atoms with E-state index < -0.39 is 0 Å². The molecule has 0 aromatic heterocycles. The van der Waals surface area contributed by atoms with Gasteiger partial charge in [0.1, 0.15) is 0 Å². The van der Waals surface area contributed by atoms with Crippen molar-refractivity contribution in [1.82, 2.24) is 10.2 Å². The van der Waals surface area contributed by atoms with Crippen LogP contribution in [0.4, 0.5) is 0 Å². The molecular weight excluding hydrogens is 204 g/mol. The van der Waals surface area contributed by atoms with Gasteiger partial charge in [-0.15, -0.1) is 0 Å². The predicted molar refractivity (Wildman–Crippen MR) is 62.9 cm³/mol. The number of likely N-dealkylation sites (tertiary alicyclic amines) is 1. The molecule has 1 aliphatic heterocycles. The minimum atomic E-state index is 0.0876. The van der Waals surface area contributed by atoms with Gasteiger partial charge in [0.15, 0.2) is 0 Å². The van der Waals surface area contributed by atoms with Crippen molar-refractivity contribution in [3.63, 3.8) is 0 Å². The number of carbonyl (C=O) groups excluding carboxylic acids is 2. The van der Waals surface area contributed by atoms with Crippen molar-refractivity contribution in [2.75, 3.05) is 13.1 Å². The first kappa shape index (κ1) is 13.0. The average molecular weight is 226 g/mol. The number of hydrogen-bond acceptors (Lipinski definition) is 2. The summed E-state index contributed by atoms with van der Waals surface area (Å²) in [5.41, 5.74) is 0. The number of rotatable bonds is 3. The highest BCUT2D eigenvalue weighted by molar-refractivity contribution is 5.79. The summed E-state index contributed by atoms with van der Waals surface area (Å²) in [7, 11) is 0. The molecule has 2 amide bonds. The van der Waals surface area contributed by atoms with Crippen LogP contribution in [-0.4, -0.2) is 35.8 Å². The van der Waals surface area contributed by atoms with Crippen LogP contribution in [0.1, 0.15) is 40.0 Å². The number of carbonyl (C=O) groups is 2. The summed E-state index contributed by atoms with van der Waals surface area (Å²) in [6, 6.07) is 0.248. The second kappa shape index (κ2) is 5.87. The van der Waals surface area contributed by atoms with Gasteiger partial charge in [0.25, 0.3) is 0 Å². The molecule has 0 radical (unpaired) electrons. The lowest BCUT2D eigenvalue weighted by Gasteiger charge is -2.31. The largest absolute Gasteiger partial charge is 0.353 e. The lowest BCUT2D eigenvalue weighted by molar-refractivity contribution is -0.134. The smallest absolute Gasteiger partial charge is 0.223 e. The lowest BCUT2D eigenvalue weighted by atomic mass is 9.95. The van der Waals surface area contributed by atoms with Crippen molar-refractivity contribution < 1.29 is 9.59 Å². The fourth-order valence-electron chi connectivity index (χ4n) is 1.92. The highest BCUT2D eigenvalue weighted by Crippen LogP contribution is 2.17. The Morgan fingerprint density at radius 1 is 1.38 bits per heavy atom. The summed E-state index contributed by atoms with van der Waals surface area (Å²) in [5.74, 6) is 0.350. The van der Waals surface area contributed by atoms with E-state index in [2.05, 4.69) is 12.2 Å². The number of nitrogens with zero attached hydrogens (tertiary/aromatic N) is 1. The number of hydrogen-bond donors (Lipinski definition) is 1. The van der Waals surface area contributed by atoms with E-state index in [9.17, 15) is 9.59 Å². The average Bonchev–Trinajstić information content (AvgIpc) is 2.28. The molecule has 1 aliphatic rings. The topological polar surface area (TPSA) is 49.4 Å². The molecule has 1 heterocycles. The molecule has 0 aromatic carbocycles. The monoisotopic (exact) mass is 226 g/mol. The van der Waals surface area contributed by atoms with Gasteiger partial charge in [-0.3, -0.25) is 9.59 Å². The first-order valence-electron chi connectivity index (χ1n) is 6.10. The summed E-state index contributed by atoms with van der Waals surface area (Å²) in [6.07, 6.45) is 2.54. The molecule has 1 saturated heterocycles. The molecule has 1 atom stereocenters. The Bertz CT molecular complexity index is 258. The van der Waals surface area contributed by atoms with Crippen LogP contribution in [-0.2, 0) is 9.59 Å². The highest BCUT2D eigenvalue weighted by Gasteiger charge is 2.26. The van der Waals surface area contributed by atoms with Gasteiger partial charge in [0.05, 0.1) is 0 Å². The van der Waals surface area contributed by atoms with Gasteiger partial charge in [0, 0.05) is 32.0 Å². The molecule has 0 spiro atoms. The first-order chi connectivity index (χ1) is 7.54. The van der Waals surface area contributed by atoms with Crippen LogP contribution in [0, 0.1) is 5.92 Å². The summed E-state index contributed by atoms with van der Waals surface area (Å²) in [4.78, 5) is 24.8. The van der Waals surface area contributed by atoms with Crippen LogP contribution in [0.5, 0.6) is 0 Å². The van der Waals surface area contributed by atoms with Crippen LogP contribution < -0.4 is 5.32 Å². The highest BCUT2D eigenvalue weighted by atomic mass is 16.2. The molecule has 0 bridgehead atoms. The minimum absolute atomic E-state index is 0.0876. The fraction of sp³-hybridized carbons (Fsp3) is 0.833. The van der Waals surface area contributed by atoms with Gasteiger partial charge >= 0.3 is 0 Å². The zero-order valence-corrected chi connectivity index (χ0v) is 10.5. The van der Waals surface area contributed by atoms with E-state index in [0.717, 1.165) is 19.3 Å². The molecule has 0 aliphatic carbocycles. The van der Waals surface area contributed by atoms with Crippen LogP contribution in [0.3, 0.4) is 0 Å². The van der Waals surface area contributed by atoms with Gasteiger partial charge in [-0.25, -0.2) is 0 Å². The SMILES string of the molecule is CCC(C)NC(=O)C1CCN(C(C)=O)CC1. The second-order valence-corrected chi connectivity index (χ2v) is 4.60. The van der Waals surface area contributed by atoms with Gasteiger partial charge in [-0.05, 0) is 26.2 Å². The van der Waals surface area contributed by atoms with E-state index >= 15 is 0 Å². The third kappa shape index (κ3) is 3.51. The number of piperidine rings is 1. The van der Waals surface area contributed by atoms with Crippen LogP contribution in [0.25, 0.3) is 0 Å². The molecular formula is C12H22N2O2. The number of amides is 2. The molecule has 4 heteroatoms. The standard InChI is InChI=1S/C12H22N2O2/c1-4-9(2)13-12(16)11-5-7-14(8-6-11)10(3)15/h9,11H,4-8H2,1-3H3,(H,13,16). The molecule has 1 N–H and O–H groups in total. The maximum atomic E-state index is 11.8. The van der Waals surface area contributed by atoms with Crippen LogP contribution >= 0.6 is 0 Å². The molecule has 4 nitrogen and oxygen atoms in total. The Labute approximate surface area is 97.4 Å². The van der Waals surface area contributed by atoms with Crippen molar-refractivity contribution in [3.8, 4) is 0 Å². The number of nitrogens with one attached hydrogen (secondary N) is 1. The van der Waals surface area contributed by atoms with Crippen molar-refractivity contribution in [3.05, 3.63) is 0 Å². The molecule has 92 valence electrons. The van der Waals surface area contributed by atoms with Crippen molar-refractivity contribution in [2.45, 2.75) is 46.1 Å². The Morgan fingerprint density at radius 2 is 1.94 bits per heavy atom. The summed E-state index contributed by atoms with van der Waals surface area (Å²) >= 11 is 0. The maximum Gasteiger partial charge on any atom is 0.223 e. The Balaban J connectivity index is 2.36. The quantitative estimate of drug-likeness (QED) is 0.785. The van der Waals surface area contributed by atoms with Crippen molar-refractivity contribution >= 4 is 11.8 Å². The Hall–Kier alpha value is -1.06. The zero-order chi connectivity index (χ0) is 12.1. The van der Waals surface area contributed by atoms with Gasteiger partial charge < -0.3 is 10.2 Å². The molecule has 1 fully saturated rings. The Kier molecular flexibility index (Phi) is 4.77. The summed E-state index contributed by atoms with van der Waals surface area (Å²) in [6.45, 7) is 7.09. The van der Waals surface area contributed by atoms with E-state index in [1.807, 2.05) is 11.8 Å². The normalized spacial score (nSPS) is 19.3. The zero-order valence-electron chi connectivity index (χ0n) is 10.5. The maximum absolute atomic E-state index is 11.8. The van der Waals surface area contributed by atoms with Crippen LogP contribution in [0.15, 0.2) is 0 Å². The van der Waals surface area contributed by atoms with Crippen LogP contribution in [0.2, 0.25) is 0 Å². The van der Waals surface area contributed by atoms with Crippen molar-refractivity contribution in [1.29, 1.82) is 0 Å². The van der Waals surface area contributed by atoms with Crippen molar-refractivity contribution in [2.24, 2.45) is 5.92 Å². The summed E-state index contributed by atoms with van der Waals surface area (Å²) < 4.78 is 0. The second-order valence-electron chi connectivity index (χ2n) is 4.60. The predicted octanol–water partition coefficient (Wildman–Crippen LogP) is 1.16. The molecule has 16 heavy (non-hydrogen) atoms. The molecule has 1 unspecified atom stereocenters. The van der Waals surface area contributed by atoms with Gasteiger partial charge in [-0.2, -0.15) is 0 Å². The molecule has 0 aromatic rings. The van der Waals surface area contributed by atoms with E-state index in [0.29, 0.717) is 13.1 Å². The van der Waals surface area contributed by atoms with E-state index in [4.69, 9.17) is 0 Å². The lowest BCUT2D eigenvalue weighted by Crippen LogP contribution is -2.44. The summed E-state index contributed by atoms with van der Waals surface area (Å²) in [5, 5.41) is 3.00. The van der Waals surface area contributed by atoms with E-state index in [1.54, 1.807) is 6.92 Å². The fourth-order valence-corrected chi connectivity index (χ4v) is 1.92. The van der Waals surface area contributed by atoms with E-state index in [1.165, 1.54) is 0 Å². The first-order valence-corrected chi connectivity index (χ1v) is 6.10. The van der Waals surface area contributed by atoms with E-state index in [-0.39, 0.29) is 23.8 Å². The third-order valence-electron chi connectivity index (χ3n) is 3.31.